The highest BCUT2D eigenvalue weighted by atomic mass is 16.3. The van der Waals surface area contributed by atoms with Crippen LogP contribution in [-0.2, 0) is 7.05 Å². The van der Waals surface area contributed by atoms with Crippen LogP contribution in [0.15, 0.2) is 6.20 Å². The maximum atomic E-state index is 9.03. The molecule has 0 bridgehead atoms. The van der Waals surface area contributed by atoms with Crippen molar-refractivity contribution in [2.45, 2.75) is 32.7 Å². The van der Waals surface area contributed by atoms with Gasteiger partial charge in [-0.25, -0.2) is 0 Å². The fraction of sp³-hybridized carbons (Fsp3) is 0.727. The van der Waals surface area contributed by atoms with E-state index in [1.165, 1.54) is 5.56 Å². The number of aliphatic hydroxyl groups is 1. The summed E-state index contributed by atoms with van der Waals surface area (Å²) in [5.41, 5.74) is 2.24. The molecular formula is C11H21N3O. The lowest BCUT2D eigenvalue weighted by Crippen LogP contribution is -2.23. The molecule has 0 spiro atoms. The molecule has 4 heteroatoms. The largest absolute Gasteiger partial charge is 0.396 e. The molecule has 2 N–H and O–H groups in total. The van der Waals surface area contributed by atoms with Crippen LogP contribution in [0.5, 0.6) is 0 Å². The highest BCUT2D eigenvalue weighted by Gasteiger charge is 2.14. The highest BCUT2D eigenvalue weighted by Crippen LogP contribution is 2.19. The summed E-state index contributed by atoms with van der Waals surface area (Å²) in [5, 5.41) is 16.8. The van der Waals surface area contributed by atoms with Gasteiger partial charge in [0.05, 0.1) is 5.69 Å². The van der Waals surface area contributed by atoms with E-state index in [-0.39, 0.29) is 12.6 Å². The van der Waals surface area contributed by atoms with Gasteiger partial charge in [0.15, 0.2) is 0 Å². The maximum absolute atomic E-state index is 9.03. The average Bonchev–Trinajstić information content (AvgIpc) is 2.52. The predicted molar refractivity (Wildman–Crippen MR) is 60.7 cm³/mol. The Labute approximate surface area is 91.3 Å². The van der Waals surface area contributed by atoms with Gasteiger partial charge in [0.1, 0.15) is 0 Å². The quantitative estimate of drug-likeness (QED) is 0.742. The standard InChI is InChI=1S/C11H21N3O/c1-4-6-12-11(5-7-15)10-8-14(3)13-9(10)2/h8,11-12,15H,4-7H2,1-3H3. The van der Waals surface area contributed by atoms with E-state index < -0.39 is 0 Å². The molecule has 1 aromatic heterocycles. The molecule has 4 nitrogen and oxygen atoms in total. The number of hydrogen-bond donors (Lipinski definition) is 2. The maximum Gasteiger partial charge on any atom is 0.0641 e. The van der Waals surface area contributed by atoms with Crippen LogP contribution < -0.4 is 5.32 Å². The van der Waals surface area contributed by atoms with Crippen molar-refractivity contribution in [3.63, 3.8) is 0 Å². The molecule has 86 valence electrons. The van der Waals surface area contributed by atoms with Crippen LogP contribution in [0.25, 0.3) is 0 Å². The van der Waals surface area contributed by atoms with E-state index in [0.717, 1.165) is 25.1 Å². The first-order valence-corrected chi connectivity index (χ1v) is 5.53. The number of nitrogens with zero attached hydrogens (tertiary/aromatic N) is 2. The molecule has 0 radical (unpaired) electrons. The Kier molecular flexibility index (Phi) is 4.78. The van der Waals surface area contributed by atoms with Crippen molar-refractivity contribution >= 4 is 0 Å². The Balaban J connectivity index is 2.73. The Morgan fingerprint density at radius 2 is 2.33 bits per heavy atom. The molecule has 1 aromatic rings. The summed E-state index contributed by atoms with van der Waals surface area (Å²) in [6.45, 7) is 5.32. The van der Waals surface area contributed by atoms with Crippen molar-refractivity contribution < 1.29 is 5.11 Å². The molecule has 0 aromatic carbocycles. The second-order valence-electron chi connectivity index (χ2n) is 3.86. The number of aliphatic hydroxyl groups excluding tert-OH is 1. The Hall–Kier alpha value is -0.870. The molecule has 0 amide bonds. The zero-order chi connectivity index (χ0) is 11.3. The number of aromatic nitrogens is 2. The van der Waals surface area contributed by atoms with Crippen molar-refractivity contribution in [3.05, 3.63) is 17.5 Å². The van der Waals surface area contributed by atoms with Crippen molar-refractivity contribution in [2.75, 3.05) is 13.2 Å². The zero-order valence-corrected chi connectivity index (χ0v) is 9.82. The minimum Gasteiger partial charge on any atom is -0.396 e. The van der Waals surface area contributed by atoms with Crippen LogP contribution in [0.1, 0.15) is 37.1 Å². The van der Waals surface area contributed by atoms with E-state index in [4.69, 9.17) is 5.11 Å². The molecule has 0 saturated carbocycles. The molecule has 1 rings (SSSR count). The summed E-state index contributed by atoms with van der Waals surface area (Å²) >= 11 is 0. The first-order valence-electron chi connectivity index (χ1n) is 5.53. The topological polar surface area (TPSA) is 50.1 Å². The van der Waals surface area contributed by atoms with Crippen molar-refractivity contribution in [1.29, 1.82) is 0 Å². The van der Waals surface area contributed by atoms with E-state index in [1.54, 1.807) is 0 Å². The van der Waals surface area contributed by atoms with Crippen LogP contribution in [-0.4, -0.2) is 28.0 Å². The summed E-state index contributed by atoms with van der Waals surface area (Å²) in [5.74, 6) is 0. The lowest BCUT2D eigenvalue weighted by molar-refractivity contribution is 0.265. The molecule has 0 aliphatic heterocycles. The fourth-order valence-corrected chi connectivity index (χ4v) is 1.78. The van der Waals surface area contributed by atoms with Gasteiger partial charge < -0.3 is 10.4 Å². The van der Waals surface area contributed by atoms with Gasteiger partial charge >= 0.3 is 0 Å². The van der Waals surface area contributed by atoms with Gasteiger partial charge in [-0.15, -0.1) is 0 Å². The Morgan fingerprint density at radius 1 is 1.60 bits per heavy atom. The summed E-state index contributed by atoms with van der Waals surface area (Å²) in [4.78, 5) is 0. The molecule has 1 atom stereocenters. The molecule has 0 aliphatic rings. The minimum atomic E-state index is 0.204. The fourth-order valence-electron chi connectivity index (χ4n) is 1.78. The van der Waals surface area contributed by atoms with Gasteiger partial charge in [-0.3, -0.25) is 4.68 Å². The van der Waals surface area contributed by atoms with E-state index in [1.807, 2.05) is 24.9 Å². The number of hydrogen-bond acceptors (Lipinski definition) is 3. The Bertz CT molecular complexity index is 296. The minimum absolute atomic E-state index is 0.204. The smallest absolute Gasteiger partial charge is 0.0641 e. The third kappa shape index (κ3) is 3.32. The molecule has 15 heavy (non-hydrogen) atoms. The Morgan fingerprint density at radius 3 is 2.80 bits per heavy atom. The van der Waals surface area contributed by atoms with Crippen molar-refractivity contribution in [1.82, 2.24) is 15.1 Å². The summed E-state index contributed by atoms with van der Waals surface area (Å²) < 4.78 is 1.82. The lowest BCUT2D eigenvalue weighted by atomic mass is 10.1. The molecule has 0 saturated heterocycles. The van der Waals surface area contributed by atoms with Crippen molar-refractivity contribution in [3.8, 4) is 0 Å². The number of aryl methyl sites for hydroxylation is 2. The van der Waals surface area contributed by atoms with Gasteiger partial charge in [-0.05, 0) is 26.3 Å². The summed E-state index contributed by atoms with van der Waals surface area (Å²) in [7, 11) is 1.92. The first-order chi connectivity index (χ1) is 7.19. The third-order valence-corrected chi connectivity index (χ3v) is 2.49. The van der Waals surface area contributed by atoms with Gasteiger partial charge in [0.25, 0.3) is 0 Å². The van der Waals surface area contributed by atoms with E-state index >= 15 is 0 Å². The van der Waals surface area contributed by atoms with Crippen LogP contribution in [0, 0.1) is 6.92 Å². The monoisotopic (exact) mass is 211 g/mol. The normalized spacial score (nSPS) is 13.1. The average molecular weight is 211 g/mol. The predicted octanol–water partition coefficient (Wildman–Crippen LogP) is 1.15. The number of rotatable bonds is 6. The molecule has 0 fully saturated rings. The summed E-state index contributed by atoms with van der Waals surface area (Å²) in [6.07, 6.45) is 3.87. The lowest BCUT2D eigenvalue weighted by Gasteiger charge is -2.16. The van der Waals surface area contributed by atoms with Gasteiger partial charge in [-0.2, -0.15) is 5.10 Å². The van der Waals surface area contributed by atoms with Crippen LogP contribution in [0.4, 0.5) is 0 Å². The van der Waals surface area contributed by atoms with Crippen LogP contribution in [0.2, 0.25) is 0 Å². The van der Waals surface area contributed by atoms with Crippen LogP contribution in [0.3, 0.4) is 0 Å². The van der Waals surface area contributed by atoms with Crippen molar-refractivity contribution in [2.24, 2.45) is 7.05 Å². The van der Waals surface area contributed by atoms with E-state index in [0.29, 0.717) is 0 Å². The molecule has 1 unspecified atom stereocenters. The van der Waals surface area contributed by atoms with Gasteiger partial charge in [0.2, 0.25) is 0 Å². The van der Waals surface area contributed by atoms with Crippen LogP contribution >= 0.6 is 0 Å². The van der Waals surface area contributed by atoms with Gasteiger partial charge in [0, 0.05) is 31.5 Å². The molecular weight excluding hydrogens is 190 g/mol. The second kappa shape index (κ2) is 5.88. The van der Waals surface area contributed by atoms with E-state index in [2.05, 4.69) is 17.3 Å². The SMILES string of the molecule is CCCNC(CCO)c1cn(C)nc1C. The molecule has 1 heterocycles. The summed E-state index contributed by atoms with van der Waals surface area (Å²) in [6, 6.07) is 0.226. The van der Waals surface area contributed by atoms with Gasteiger partial charge in [-0.1, -0.05) is 6.92 Å². The van der Waals surface area contributed by atoms with E-state index in [9.17, 15) is 0 Å². The number of nitrogens with one attached hydrogen (secondary N) is 1. The third-order valence-electron chi connectivity index (χ3n) is 2.49. The highest BCUT2D eigenvalue weighted by molar-refractivity contribution is 5.19. The first kappa shape index (κ1) is 12.2. The molecule has 0 aliphatic carbocycles. The second-order valence-corrected chi connectivity index (χ2v) is 3.86. The zero-order valence-electron chi connectivity index (χ0n) is 9.82.